The van der Waals surface area contributed by atoms with Gasteiger partial charge < -0.3 is 5.11 Å². The van der Waals surface area contributed by atoms with Crippen LogP contribution in [-0.4, -0.2) is 21.3 Å². The minimum absolute atomic E-state index is 0.0641. The van der Waals surface area contributed by atoms with Gasteiger partial charge >= 0.3 is 5.97 Å². The maximum atomic E-state index is 11.0. The van der Waals surface area contributed by atoms with Crippen molar-refractivity contribution in [1.82, 2.24) is 10.2 Å². The molecule has 0 unspecified atom stereocenters. The van der Waals surface area contributed by atoms with Crippen molar-refractivity contribution in [1.29, 1.82) is 0 Å². The molecule has 1 aromatic carbocycles. The van der Waals surface area contributed by atoms with E-state index in [2.05, 4.69) is 10.2 Å². The molecule has 5 heteroatoms. The highest BCUT2D eigenvalue weighted by Crippen LogP contribution is 2.30. The molecule has 0 radical (unpaired) electrons. The third kappa shape index (κ3) is 2.12. The summed E-state index contributed by atoms with van der Waals surface area (Å²) in [7, 11) is 0. The van der Waals surface area contributed by atoms with Gasteiger partial charge in [0.2, 0.25) is 0 Å². The number of rotatable bonds is 2. The summed E-state index contributed by atoms with van der Waals surface area (Å²) in [5.41, 5.74) is 2.14. The predicted octanol–water partition coefficient (Wildman–Crippen LogP) is 2.80. The number of halogens is 1. The molecule has 2 rings (SSSR count). The van der Waals surface area contributed by atoms with Crippen molar-refractivity contribution in [2.24, 2.45) is 0 Å². The lowest BCUT2D eigenvalue weighted by atomic mass is 10.0. The Hall–Kier alpha value is -1.94. The molecule has 0 saturated heterocycles. The highest BCUT2D eigenvalue weighted by Gasteiger charge is 2.15. The van der Waals surface area contributed by atoms with Crippen LogP contribution in [0.1, 0.15) is 15.9 Å². The van der Waals surface area contributed by atoms with Gasteiger partial charge in [0.1, 0.15) is 0 Å². The van der Waals surface area contributed by atoms with E-state index < -0.39 is 5.97 Å². The van der Waals surface area contributed by atoms with Crippen molar-refractivity contribution in [3.05, 3.63) is 46.6 Å². The number of aryl methyl sites for hydroxylation is 1. The first-order valence-electron chi connectivity index (χ1n) is 4.91. The summed E-state index contributed by atoms with van der Waals surface area (Å²) in [5.74, 6) is -1.06. The minimum atomic E-state index is -1.06. The fourth-order valence-electron chi connectivity index (χ4n) is 1.54. The van der Waals surface area contributed by atoms with Crippen LogP contribution in [0.2, 0.25) is 5.02 Å². The Bertz CT molecular complexity index is 584. The molecule has 0 aliphatic heterocycles. The SMILES string of the molecule is Cc1ccnnc1-c1cccc(C(=O)O)c1Cl. The molecule has 17 heavy (non-hydrogen) atoms. The Morgan fingerprint density at radius 1 is 1.35 bits per heavy atom. The first kappa shape index (κ1) is 11.5. The smallest absolute Gasteiger partial charge is 0.337 e. The number of hydrogen-bond donors (Lipinski definition) is 1. The second kappa shape index (κ2) is 4.51. The Kier molecular flexibility index (Phi) is 3.06. The highest BCUT2D eigenvalue weighted by molar-refractivity contribution is 6.36. The molecule has 2 aromatic rings. The number of carboxylic acids is 1. The molecule has 0 aliphatic rings. The molecule has 1 heterocycles. The maximum Gasteiger partial charge on any atom is 0.337 e. The Labute approximate surface area is 103 Å². The largest absolute Gasteiger partial charge is 0.478 e. The van der Waals surface area contributed by atoms with Crippen molar-refractivity contribution in [3.8, 4) is 11.3 Å². The molecule has 86 valence electrons. The Balaban J connectivity index is 2.65. The van der Waals surface area contributed by atoms with Crippen molar-refractivity contribution in [2.45, 2.75) is 6.92 Å². The number of carbonyl (C=O) groups is 1. The molecule has 0 spiro atoms. The first-order chi connectivity index (χ1) is 8.11. The van der Waals surface area contributed by atoms with E-state index in [4.69, 9.17) is 16.7 Å². The molecule has 1 N–H and O–H groups in total. The highest BCUT2D eigenvalue weighted by atomic mass is 35.5. The quantitative estimate of drug-likeness (QED) is 0.888. The van der Waals surface area contributed by atoms with Crippen molar-refractivity contribution < 1.29 is 9.90 Å². The van der Waals surface area contributed by atoms with Gasteiger partial charge in [0.15, 0.2) is 0 Å². The Morgan fingerprint density at radius 2 is 2.12 bits per heavy atom. The van der Waals surface area contributed by atoms with Crippen molar-refractivity contribution in [3.63, 3.8) is 0 Å². The summed E-state index contributed by atoms with van der Waals surface area (Å²) in [6, 6.07) is 6.62. The number of hydrogen-bond acceptors (Lipinski definition) is 3. The molecular weight excluding hydrogens is 240 g/mol. The van der Waals surface area contributed by atoms with Gasteiger partial charge in [-0.2, -0.15) is 10.2 Å². The van der Waals surface area contributed by atoms with Gasteiger partial charge in [0, 0.05) is 11.8 Å². The lowest BCUT2D eigenvalue weighted by Gasteiger charge is -2.07. The summed E-state index contributed by atoms with van der Waals surface area (Å²) in [6.45, 7) is 1.87. The summed E-state index contributed by atoms with van der Waals surface area (Å²) < 4.78 is 0. The summed E-state index contributed by atoms with van der Waals surface area (Å²) >= 11 is 6.06. The van der Waals surface area contributed by atoms with Gasteiger partial charge in [0.25, 0.3) is 0 Å². The number of aromatic carboxylic acids is 1. The normalized spacial score (nSPS) is 10.2. The van der Waals surface area contributed by atoms with E-state index in [0.29, 0.717) is 11.3 Å². The van der Waals surface area contributed by atoms with Crippen LogP contribution < -0.4 is 0 Å². The summed E-state index contributed by atoms with van der Waals surface area (Å²) in [6.07, 6.45) is 1.58. The average molecular weight is 249 g/mol. The zero-order valence-electron chi connectivity index (χ0n) is 9.01. The summed E-state index contributed by atoms with van der Waals surface area (Å²) in [4.78, 5) is 11.0. The van der Waals surface area contributed by atoms with Crippen molar-refractivity contribution >= 4 is 17.6 Å². The van der Waals surface area contributed by atoms with E-state index >= 15 is 0 Å². The average Bonchev–Trinajstić information content (AvgIpc) is 2.30. The van der Waals surface area contributed by atoms with Crippen LogP contribution in [0.15, 0.2) is 30.5 Å². The van der Waals surface area contributed by atoms with E-state index in [1.807, 2.05) is 6.92 Å². The Morgan fingerprint density at radius 3 is 2.76 bits per heavy atom. The van der Waals surface area contributed by atoms with E-state index in [0.717, 1.165) is 5.56 Å². The standard InChI is InChI=1S/C12H9ClN2O2/c1-7-5-6-14-15-11(7)8-3-2-4-9(10(8)13)12(16)17/h2-6H,1H3,(H,16,17). The lowest BCUT2D eigenvalue weighted by molar-refractivity contribution is 0.0697. The first-order valence-corrected chi connectivity index (χ1v) is 5.29. The van der Waals surface area contributed by atoms with Gasteiger partial charge in [-0.05, 0) is 24.6 Å². The van der Waals surface area contributed by atoms with E-state index in [9.17, 15) is 4.79 Å². The molecule has 4 nitrogen and oxygen atoms in total. The van der Waals surface area contributed by atoms with Gasteiger partial charge in [-0.1, -0.05) is 23.7 Å². The minimum Gasteiger partial charge on any atom is -0.478 e. The van der Waals surface area contributed by atoms with Gasteiger partial charge in [-0.25, -0.2) is 4.79 Å². The van der Waals surface area contributed by atoms with Gasteiger partial charge in [-0.15, -0.1) is 0 Å². The van der Waals surface area contributed by atoms with Crippen molar-refractivity contribution in [2.75, 3.05) is 0 Å². The number of benzene rings is 1. The zero-order valence-corrected chi connectivity index (χ0v) is 9.77. The van der Waals surface area contributed by atoms with Crippen LogP contribution in [0.5, 0.6) is 0 Å². The summed E-state index contributed by atoms with van der Waals surface area (Å²) in [5, 5.41) is 16.9. The van der Waals surface area contributed by atoms with Gasteiger partial charge in [0.05, 0.1) is 16.3 Å². The van der Waals surface area contributed by atoms with E-state index in [1.165, 1.54) is 6.07 Å². The second-order valence-electron chi connectivity index (χ2n) is 3.54. The van der Waals surface area contributed by atoms with Crippen LogP contribution in [-0.2, 0) is 0 Å². The second-order valence-corrected chi connectivity index (χ2v) is 3.91. The predicted molar refractivity (Wildman–Crippen MR) is 64.2 cm³/mol. The molecule has 0 bridgehead atoms. The fraction of sp³-hybridized carbons (Fsp3) is 0.0833. The molecule has 0 amide bonds. The molecule has 1 aromatic heterocycles. The lowest BCUT2D eigenvalue weighted by Crippen LogP contribution is -1.99. The monoisotopic (exact) mass is 248 g/mol. The topological polar surface area (TPSA) is 63.1 Å². The van der Waals surface area contributed by atoms with Crippen LogP contribution in [0, 0.1) is 6.92 Å². The van der Waals surface area contributed by atoms with Crippen LogP contribution in [0.4, 0.5) is 0 Å². The van der Waals surface area contributed by atoms with Gasteiger partial charge in [-0.3, -0.25) is 0 Å². The van der Waals surface area contributed by atoms with E-state index in [-0.39, 0.29) is 10.6 Å². The molecule has 0 fully saturated rings. The third-order valence-corrected chi connectivity index (χ3v) is 2.81. The number of aromatic nitrogens is 2. The maximum absolute atomic E-state index is 11.0. The molecular formula is C12H9ClN2O2. The van der Waals surface area contributed by atoms with Crippen LogP contribution in [0.25, 0.3) is 11.3 Å². The van der Waals surface area contributed by atoms with Crippen LogP contribution >= 0.6 is 11.6 Å². The third-order valence-electron chi connectivity index (χ3n) is 2.41. The van der Waals surface area contributed by atoms with Crippen LogP contribution in [0.3, 0.4) is 0 Å². The zero-order chi connectivity index (χ0) is 12.4. The fourth-order valence-corrected chi connectivity index (χ4v) is 1.84. The number of nitrogens with zero attached hydrogens (tertiary/aromatic N) is 2. The van der Waals surface area contributed by atoms with E-state index in [1.54, 1.807) is 24.4 Å². The molecule has 0 aliphatic carbocycles. The molecule has 0 saturated carbocycles. The number of carboxylic acid groups (broad SMARTS) is 1. The molecule has 0 atom stereocenters.